The first-order valence-corrected chi connectivity index (χ1v) is 7.13. The molecular formula is C17H24O2. The number of hydrogen-bond donors (Lipinski definition) is 0. The number of benzene rings is 1. The lowest BCUT2D eigenvalue weighted by Gasteiger charge is -2.25. The first kappa shape index (κ1) is 14.1. The van der Waals surface area contributed by atoms with Gasteiger partial charge in [0.05, 0.1) is 6.61 Å². The average Bonchev–Trinajstić information content (AvgIpc) is 3.00. The quantitative estimate of drug-likeness (QED) is 0.743. The van der Waals surface area contributed by atoms with Crippen molar-refractivity contribution in [1.29, 1.82) is 0 Å². The highest BCUT2D eigenvalue weighted by atomic mass is 16.5. The molecule has 1 aliphatic carbocycles. The van der Waals surface area contributed by atoms with Crippen molar-refractivity contribution in [2.75, 3.05) is 6.61 Å². The molecule has 1 aromatic rings. The van der Waals surface area contributed by atoms with Crippen molar-refractivity contribution in [2.45, 2.75) is 46.5 Å². The van der Waals surface area contributed by atoms with Crippen LogP contribution in [0, 0.1) is 10.8 Å². The molecule has 0 N–H and O–H groups in total. The molecule has 0 radical (unpaired) electrons. The van der Waals surface area contributed by atoms with Crippen LogP contribution in [0.15, 0.2) is 30.3 Å². The van der Waals surface area contributed by atoms with Crippen molar-refractivity contribution in [3.8, 4) is 0 Å². The zero-order valence-corrected chi connectivity index (χ0v) is 12.4. The molecule has 1 fully saturated rings. The average molecular weight is 260 g/mol. The van der Waals surface area contributed by atoms with Crippen molar-refractivity contribution in [2.24, 2.45) is 10.8 Å². The van der Waals surface area contributed by atoms with E-state index in [1.807, 2.05) is 13.0 Å². The molecule has 2 rings (SSSR count). The third-order valence-electron chi connectivity index (χ3n) is 5.11. The van der Waals surface area contributed by atoms with Crippen LogP contribution >= 0.6 is 0 Å². The Labute approximate surface area is 116 Å². The lowest BCUT2D eigenvalue weighted by Crippen LogP contribution is -2.21. The van der Waals surface area contributed by atoms with Gasteiger partial charge in [-0.05, 0) is 23.3 Å². The smallest absolute Gasteiger partial charge is 0.305 e. The summed E-state index contributed by atoms with van der Waals surface area (Å²) in [5, 5.41) is 0. The van der Waals surface area contributed by atoms with Gasteiger partial charge in [-0.2, -0.15) is 0 Å². The van der Waals surface area contributed by atoms with Gasteiger partial charge in [0.2, 0.25) is 0 Å². The van der Waals surface area contributed by atoms with Crippen LogP contribution in [0.25, 0.3) is 0 Å². The van der Waals surface area contributed by atoms with Crippen LogP contribution in [0.4, 0.5) is 0 Å². The molecule has 3 atom stereocenters. The van der Waals surface area contributed by atoms with E-state index in [4.69, 9.17) is 4.74 Å². The molecule has 2 nitrogen and oxygen atoms in total. The molecule has 0 heterocycles. The van der Waals surface area contributed by atoms with Gasteiger partial charge in [-0.15, -0.1) is 0 Å². The minimum atomic E-state index is -0.0946. The third-order valence-corrected chi connectivity index (χ3v) is 5.11. The summed E-state index contributed by atoms with van der Waals surface area (Å²) in [6, 6.07) is 10.6. The second-order valence-electron chi connectivity index (χ2n) is 6.30. The zero-order chi connectivity index (χ0) is 14.1. The minimum absolute atomic E-state index is 0.0946. The van der Waals surface area contributed by atoms with E-state index in [0.29, 0.717) is 18.9 Å². The van der Waals surface area contributed by atoms with Gasteiger partial charge < -0.3 is 4.74 Å². The second-order valence-corrected chi connectivity index (χ2v) is 6.30. The van der Waals surface area contributed by atoms with E-state index in [-0.39, 0.29) is 16.8 Å². The van der Waals surface area contributed by atoms with Gasteiger partial charge in [0.25, 0.3) is 0 Å². The monoisotopic (exact) mass is 260 g/mol. The Morgan fingerprint density at radius 2 is 1.95 bits per heavy atom. The molecule has 0 spiro atoms. The van der Waals surface area contributed by atoms with Crippen LogP contribution in [0.2, 0.25) is 0 Å². The number of carbonyl (C=O) groups is 1. The van der Waals surface area contributed by atoms with Crippen molar-refractivity contribution in [1.82, 2.24) is 0 Å². The Morgan fingerprint density at radius 1 is 1.32 bits per heavy atom. The maximum Gasteiger partial charge on any atom is 0.305 e. The fraction of sp³-hybridized carbons (Fsp3) is 0.588. The number of rotatable bonds is 5. The molecule has 2 heteroatoms. The topological polar surface area (TPSA) is 26.3 Å². The van der Waals surface area contributed by atoms with Gasteiger partial charge in [0.1, 0.15) is 0 Å². The molecule has 1 aromatic carbocycles. The second kappa shape index (κ2) is 4.99. The van der Waals surface area contributed by atoms with Gasteiger partial charge in [0, 0.05) is 11.8 Å². The maximum atomic E-state index is 11.3. The van der Waals surface area contributed by atoms with Crippen LogP contribution < -0.4 is 0 Å². The van der Waals surface area contributed by atoms with E-state index in [2.05, 4.69) is 45.0 Å². The summed E-state index contributed by atoms with van der Waals surface area (Å²) in [7, 11) is 0. The van der Waals surface area contributed by atoms with E-state index < -0.39 is 0 Å². The highest BCUT2D eigenvalue weighted by molar-refractivity contribution is 5.68. The van der Waals surface area contributed by atoms with Crippen LogP contribution in [0.3, 0.4) is 0 Å². The predicted octanol–water partition coefficient (Wildman–Crippen LogP) is 4.16. The van der Waals surface area contributed by atoms with Gasteiger partial charge in [-0.3, -0.25) is 4.79 Å². The molecule has 1 saturated carbocycles. The molecule has 19 heavy (non-hydrogen) atoms. The third kappa shape index (κ3) is 2.54. The molecule has 0 bridgehead atoms. The number of ether oxygens (including phenoxy) is 1. The van der Waals surface area contributed by atoms with Gasteiger partial charge in [-0.1, -0.05) is 58.0 Å². The van der Waals surface area contributed by atoms with Gasteiger partial charge >= 0.3 is 5.97 Å². The highest BCUT2D eigenvalue weighted by Gasteiger charge is 2.64. The van der Waals surface area contributed by atoms with E-state index in [1.54, 1.807) is 0 Å². The van der Waals surface area contributed by atoms with Crippen molar-refractivity contribution in [3.63, 3.8) is 0 Å². The largest absolute Gasteiger partial charge is 0.465 e. The minimum Gasteiger partial charge on any atom is -0.465 e. The van der Waals surface area contributed by atoms with Gasteiger partial charge in [-0.25, -0.2) is 0 Å². The number of carbonyl (C=O) groups excluding carboxylic acids is 1. The Morgan fingerprint density at radius 3 is 2.53 bits per heavy atom. The summed E-state index contributed by atoms with van der Waals surface area (Å²) in [5.74, 6) is 0.391. The molecule has 0 aromatic heterocycles. The molecule has 0 aliphatic heterocycles. The van der Waals surface area contributed by atoms with Gasteiger partial charge in [0.15, 0.2) is 0 Å². The summed E-state index contributed by atoms with van der Waals surface area (Å²) < 4.78 is 5.36. The zero-order valence-electron chi connectivity index (χ0n) is 12.4. The standard InChI is InChI=1S/C17H24O2/c1-5-15(18)19-12-16(3)11-17(16,4)13(2)14-9-7-6-8-10-14/h6-10,13H,5,11-12H2,1-4H3/t13-,16+,17?/m1/s1. The van der Waals surface area contributed by atoms with Crippen molar-refractivity contribution >= 4 is 5.97 Å². The summed E-state index contributed by atoms with van der Waals surface area (Å²) >= 11 is 0. The normalized spacial score (nSPS) is 30.7. The molecular weight excluding hydrogens is 236 g/mol. The van der Waals surface area contributed by atoms with E-state index in [0.717, 1.165) is 6.42 Å². The van der Waals surface area contributed by atoms with E-state index >= 15 is 0 Å². The molecule has 0 saturated heterocycles. The van der Waals surface area contributed by atoms with Crippen molar-refractivity contribution in [3.05, 3.63) is 35.9 Å². The molecule has 104 valence electrons. The van der Waals surface area contributed by atoms with E-state index in [1.165, 1.54) is 5.56 Å². The van der Waals surface area contributed by atoms with Crippen LogP contribution in [-0.4, -0.2) is 12.6 Å². The maximum absolute atomic E-state index is 11.3. The molecule has 1 unspecified atom stereocenters. The fourth-order valence-electron chi connectivity index (χ4n) is 3.11. The number of hydrogen-bond acceptors (Lipinski definition) is 2. The van der Waals surface area contributed by atoms with Crippen LogP contribution in [0.1, 0.15) is 52.0 Å². The predicted molar refractivity (Wildman–Crippen MR) is 76.9 cm³/mol. The summed E-state index contributed by atoms with van der Waals surface area (Å²) in [6.45, 7) is 9.21. The first-order chi connectivity index (χ1) is 8.93. The Bertz CT molecular complexity index is 454. The first-order valence-electron chi connectivity index (χ1n) is 7.13. The SMILES string of the molecule is CCC(=O)OC[C@]1(C)CC1(C)[C@H](C)c1ccccc1. The summed E-state index contributed by atoms with van der Waals surface area (Å²) in [4.78, 5) is 11.3. The lowest BCUT2D eigenvalue weighted by atomic mass is 9.80. The summed E-state index contributed by atoms with van der Waals surface area (Å²) in [6.07, 6.45) is 1.58. The van der Waals surface area contributed by atoms with Crippen molar-refractivity contribution < 1.29 is 9.53 Å². The van der Waals surface area contributed by atoms with E-state index in [9.17, 15) is 4.79 Å². The molecule has 0 amide bonds. The number of esters is 1. The summed E-state index contributed by atoms with van der Waals surface area (Å²) in [5.41, 5.74) is 1.71. The lowest BCUT2D eigenvalue weighted by molar-refractivity contribution is -0.145. The van der Waals surface area contributed by atoms with Crippen LogP contribution in [-0.2, 0) is 9.53 Å². The fourth-order valence-corrected chi connectivity index (χ4v) is 3.11. The highest BCUT2D eigenvalue weighted by Crippen LogP contribution is 2.69. The Hall–Kier alpha value is -1.31. The Balaban J connectivity index is 2.03. The van der Waals surface area contributed by atoms with Crippen LogP contribution in [0.5, 0.6) is 0 Å². The molecule has 1 aliphatic rings. The Kier molecular flexibility index (Phi) is 3.71.